The van der Waals surface area contributed by atoms with Crippen LogP contribution in [0.4, 0.5) is 0 Å². The van der Waals surface area contributed by atoms with Gasteiger partial charge in [0.1, 0.15) is 0 Å². The first kappa shape index (κ1) is 9.52. The molecule has 0 atom stereocenters. The molecular formula is C12H12N2O. The molecule has 3 heteroatoms. The molecule has 1 heterocycles. The number of carbonyl (C=O) groups excluding carboxylic acids is 1. The number of primary amides is 1. The zero-order valence-electron chi connectivity index (χ0n) is 8.53. The van der Waals surface area contributed by atoms with Crippen LogP contribution in [0.3, 0.4) is 0 Å². The van der Waals surface area contributed by atoms with Gasteiger partial charge in [-0.1, -0.05) is 24.8 Å². The Morgan fingerprint density at radius 2 is 2.13 bits per heavy atom. The first-order valence-electron chi connectivity index (χ1n) is 4.64. The van der Waals surface area contributed by atoms with E-state index in [-0.39, 0.29) is 0 Å². The highest BCUT2D eigenvalue weighted by atomic mass is 16.1. The summed E-state index contributed by atoms with van der Waals surface area (Å²) in [7, 11) is 1.93. The number of fused-ring (bicyclic) bond motifs is 1. The maximum absolute atomic E-state index is 11.1. The molecule has 0 saturated carbocycles. The average molecular weight is 200 g/mol. The van der Waals surface area contributed by atoms with E-state index in [1.54, 1.807) is 0 Å². The molecule has 0 aliphatic heterocycles. The fraction of sp³-hybridized carbons (Fsp3) is 0.0833. The molecule has 1 amide bonds. The van der Waals surface area contributed by atoms with Crippen molar-refractivity contribution in [3.05, 3.63) is 42.6 Å². The second kappa shape index (κ2) is 3.28. The van der Waals surface area contributed by atoms with E-state index in [9.17, 15) is 4.79 Å². The Morgan fingerprint density at radius 3 is 2.80 bits per heavy atom. The molecule has 76 valence electrons. The minimum Gasteiger partial charge on any atom is -0.366 e. The van der Waals surface area contributed by atoms with Crippen LogP contribution in [0.15, 0.2) is 37.0 Å². The zero-order valence-corrected chi connectivity index (χ0v) is 8.53. The number of carbonyl (C=O) groups is 1. The molecule has 2 aromatic rings. The third-order valence-electron chi connectivity index (χ3n) is 2.52. The number of para-hydroxylation sites is 1. The van der Waals surface area contributed by atoms with E-state index in [1.165, 1.54) is 0 Å². The first-order chi connectivity index (χ1) is 7.11. The number of amides is 1. The smallest absolute Gasteiger partial charge is 0.248 e. The molecule has 3 nitrogen and oxygen atoms in total. The summed E-state index contributed by atoms with van der Waals surface area (Å²) in [5, 5.41) is 1.08. The Balaban J connectivity index is 2.75. The van der Waals surface area contributed by atoms with Gasteiger partial charge in [0, 0.05) is 29.8 Å². The highest BCUT2D eigenvalue weighted by Gasteiger charge is 2.10. The first-order valence-corrected chi connectivity index (χ1v) is 4.64. The summed E-state index contributed by atoms with van der Waals surface area (Å²) in [5.41, 5.74) is 7.37. The third kappa shape index (κ3) is 1.42. The molecule has 0 radical (unpaired) electrons. The van der Waals surface area contributed by atoms with E-state index in [2.05, 4.69) is 6.58 Å². The summed E-state index contributed by atoms with van der Waals surface area (Å²) in [5.74, 6) is -0.483. The van der Waals surface area contributed by atoms with Crippen molar-refractivity contribution in [2.45, 2.75) is 0 Å². The van der Waals surface area contributed by atoms with Crippen LogP contribution < -0.4 is 5.73 Å². The lowest BCUT2D eigenvalue weighted by atomic mass is 10.0. The Kier molecular flexibility index (Phi) is 2.08. The van der Waals surface area contributed by atoms with Crippen LogP contribution >= 0.6 is 0 Å². The van der Waals surface area contributed by atoms with Crippen LogP contribution in [0.1, 0.15) is 5.56 Å². The largest absolute Gasteiger partial charge is 0.366 e. The summed E-state index contributed by atoms with van der Waals surface area (Å²) in [6, 6.07) is 7.74. The second-order valence-corrected chi connectivity index (χ2v) is 3.51. The van der Waals surface area contributed by atoms with Gasteiger partial charge in [0.2, 0.25) is 5.91 Å². The van der Waals surface area contributed by atoms with Crippen molar-refractivity contribution < 1.29 is 4.79 Å². The second-order valence-electron chi connectivity index (χ2n) is 3.51. The molecule has 15 heavy (non-hydrogen) atoms. The lowest BCUT2D eigenvalue weighted by molar-refractivity contribution is -0.112. The molecule has 1 aromatic carbocycles. The van der Waals surface area contributed by atoms with Crippen LogP contribution in [0.2, 0.25) is 0 Å². The SMILES string of the molecule is C=C(C(N)=O)c1cccc2ccn(C)c12. The molecule has 0 unspecified atom stereocenters. The normalized spacial score (nSPS) is 10.5. The zero-order chi connectivity index (χ0) is 11.0. The van der Waals surface area contributed by atoms with Crippen LogP contribution in [-0.4, -0.2) is 10.5 Å². The van der Waals surface area contributed by atoms with Crippen molar-refractivity contribution in [3.63, 3.8) is 0 Å². The fourth-order valence-electron chi connectivity index (χ4n) is 1.73. The van der Waals surface area contributed by atoms with Gasteiger partial charge in [-0.05, 0) is 6.07 Å². The monoisotopic (exact) mass is 200 g/mol. The van der Waals surface area contributed by atoms with Crippen molar-refractivity contribution in [2.75, 3.05) is 0 Å². The number of rotatable bonds is 2. The van der Waals surface area contributed by atoms with Crippen LogP contribution in [0.25, 0.3) is 16.5 Å². The third-order valence-corrected chi connectivity index (χ3v) is 2.52. The minimum atomic E-state index is -0.483. The van der Waals surface area contributed by atoms with Crippen LogP contribution in [0.5, 0.6) is 0 Å². The molecule has 1 aromatic heterocycles. The number of hydrogen-bond acceptors (Lipinski definition) is 1. The van der Waals surface area contributed by atoms with Gasteiger partial charge in [-0.25, -0.2) is 0 Å². The molecule has 0 aliphatic rings. The molecule has 0 bridgehead atoms. The predicted molar refractivity (Wildman–Crippen MR) is 61.1 cm³/mol. The molecule has 2 rings (SSSR count). The topological polar surface area (TPSA) is 48.0 Å². The van der Waals surface area contributed by atoms with Crippen molar-refractivity contribution in [1.82, 2.24) is 4.57 Å². The minimum absolute atomic E-state index is 0.349. The molecule has 2 N–H and O–H groups in total. The maximum atomic E-state index is 11.1. The molecule has 0 saturated heterocycles. The maximum Gasteiger partial charge on any atom is 0.248 e. The summed E-state index contributed by atoms with van der Waals surface area (Å²) in [4.78, 5) is 11.1. The lowest BCUT2D eigenvalue weighted by Gasteiger charge is -2.06. The fourth-order valence-corrected chi connectivity index (χ4v) is 1.73. The van der Waals surface area contributed by atoms with Gasteiger partial charge in [-0.3, -0.25) is 4.79 Å². The summed E-state index contributed by atoms with van der Waals surface area (Å²) in [6.07, 6.45) is 1.95. The van der Waals surface area contributed by atoms with E-state index in [0.717, 1.165) is 16.5 Å². The van der Waals surface area contributed by atoms with Gasteiger partial charge >= 0.3 is 0 Å². The summed E-state index contributed by atoms with van der Waals surface area (Å²) in [6.45, 7) is 3.71. The number of nitrogens with zero attached hydrogens (tertiary/aromatic N) is 1. The number of hydrogen-bond donors (Lipinski definition) is 1. The number of benzene rings is 1. The van der Waals surface area contributed by atoms with Gasteiger partial charge in [0.25, 0.3) is 0 Å². The van der Waals surface area contributed by atoms with Gasteiger partial charge in [-0.15, -0.1) is 0 Å². The van der Waals surface area contributed by atoms with E-state index in [4.69, 9.17) is 5.73 Å². The van der Waals surface area contributed by atoms with E-state index in [0.29, 0.717) is 5.57 Å². The predicted octanol–water partition coefficient (Wildman–Crippen LogP) is 1.68. The van der Waals surface area contributed by atoms with Gasteiger partial charge in [-0.2, -0.15) is 0 Å². The van der Waals surface area contributed by atoms with Gasteiger partial charge in [0.15, 0.2) is 0 Å². The van der Waals surface area contributed by atoms with Crippen molar-refractivity contribution in [1.29, 1.82) is 0 Å². The van der Waals surface area contributed by atoms with Crippen molar-refractivity contribution >= 4 is 22.4 Å². The molecular weight excluding hydrogens is 188 g/mol. The highest BCUT2D eigenvalue weighted by molar-refractivity contribution is 6.20. The number of aromatic nitrogens is 1. The Labute approximate surface area is 87.8 Å². The summed E-state index contributed by atoms with van der Waals surface area (Å²) >= 11 is 0. The standard InChI is InChI=1S/C12H12N2O/c1-8(12(13)15)10-5-3-4-9-6-7-14(2)11(9)10/h3-7H,1H2,2H3,(H2,13,15). The van der Waals surface area contributed by atoms with Gasteiger partial charge < -0.3 is 10.3 Å². The quantitative estimate of drug-likeness (QED) is 0.736. The van der Waals surface area contributed by atoms with Crippen molar-refractivity contribution in [3.8, 4) is 0 Å². The number of aryl methyl sites for hydroxylation is 1. The van der Waals surface area contributed by atoms with Gasteiger partial charge in [0.05, 0.1) is 5.52 Å². The average Bonchev–Trinajstić information content (AvgIpc) is 2.59. The number of nitrogens with two attached hydrogens (primary N) is 1. The molecule has 0 spiro atoms. The molecule has 0 fully saturated rings. The highest BCUT2D eigenvalue weighted by Crippen LogP contribution is 2.24. The Morgan fingerprint density at radius 1 is 1.40 bits per heavy atom. The van der Waals surface area contributed by atoms with Crippen LogP contribution in [-0.2, 0) is 11.8 Å². The van der Waals surface area contributed by atoms with E-state index < -0.39 is 5.91 Å². The summed E-state index contributed by atoms with van der Waals surface area (Å²) < 4.78 is 1.96. The van der Waals surface area contributed by atoms with E-state index in [1.807, 2.05) is 42.1 Å². The Hall–Kier alpha value is -2.03. The van der Waals surface area contributed by atoms with Crippen molar-refractivity contribution in [2.24, 2.45) is 12.8 Å². The van der Waals surface area contributed by atoms with Crippen LogP contribution in [0, 0.1) is 0 Å². The lowest BCUT2D eigenvalue weighted by Crippen LogP contribution is -2.12. The Bertz CT molecular complexity index is 552. The molecule has 0 aliphatic carbocycles. The van der Waals surface area contributed by atoms with E-state index >= 15 is 0 Å².